The van der Waals surface area contributed by atoms with E-state index in [9.17, 15) is 14.4 Å². The minimum absolute atomic E-state index is 0.0607. The Morgan fingerprint density at radius 3 is 2.48 bits per heavy atom. The van der Waals surface area contributed by atoms with Crippen LogP contribution in [-0.4, -0.2) is 37.0 Å². The van der Waals surface area contributed by atoms with Gasteiger partial charge in [0.25, 0.3) is 5.56 Å². The van der Waals surface area contributed by atoms with E-state index in [0.717, 1.165) is 21.2 Å². The van der Waals surface area contributed by atoms with Crippen LogP contribution in [0.2, 0.25) is 0 Å². The maximum absolute atomic E-state index is 12.8. The summed E-state index contributed by atoms with van der Waals surface area (Å²) in [5.74, 6) is 0.346. The molecule has 0 aliphatic heterocycles. The number of fused-ring (bicyclic) bond motifs is 1. The van der Waals surface area contributed by atoms with Gasteiger partial charge < -0.3 is 5.32 Å². The minimum Gasteiger partial charge on any atom is -0.325 e. The second kappa shape index (κ2) is 8.88. The molecule has 8 nitrogen and oxygen atoms in total. The summed E-state index contributed by atoms with van der Waals surface area (Å²) in [6.07, 6.45) is 1.97. The lowest BCUT2D eigenvalue weighted by Gasteiger charge is -2.19. The van der Waals surface area contributed by atoms with Crippen molar-refractivity contribution in [1.29, 1.82) is 0 Å². The van der Waals surface area contributed by atoms with Gasteiger partial charge in [-0.3, -0.25) is 18.7 Å². The molecule has 0 saturated heterocycles. The van der Waals surface area contributed by atoms with Gasteiger partial charge in [0.05, 0.1) is 5.75 Å². The number of nitrogens with one attached hydrogen (secondary N) is 1. The van der Waals surface area contributed by atoms with Crippen LogP contribution in [0.15, 0.2) is 43.8 Å². The SMILES string of the molecule is CSc1cccc(NC(=O)CSc2nc(C(C)(C)C)nc3c2c(=O)n(C)c(=O)n3C)c1. The van der Waals surface area contributed by atoms with Gasteiger partial charge in [0.1, 0.15) is 16.2 Å². The van der Waals surface area contributed by atoms with Gasteiger partial charge in [0.15, 0.2) is 5.65 Å². The zero-order chi connectivity index (χ0) is 22.9. The molecule has 164 valence electrons. The van der Waals surface area contributed by atoms with Crippen LogP contribution in [0.4, 0.5) is 5.69 Å². The molecule has 0 bridgehead atoms. The zero-order valence-electron chi connectivity index (χ0n) is 18.3. The molecule has 0 aliphatic carbocycles. The number of anilines is 1. The van der Waals surface area contributed by atoms with Crippen molar-refractivity contribution in [3.05, 3.63) is 50.9 Å². The van der Waals surface area contributed by atoms with Crippen molar-refractivity contribution < 1.29 is 4.79 Å². The first-order valence-corrected chi connectivity index (χ1v) is 11.8. The van der Waals surface area contributed by atoms with E-state index in [1.54, 1.807) is 18.8 Å². The number of rotatable bonds is 5. The number of aromatic nitrogens is 4. The highest BCUT2D eigenvalue weighted by Crippen LogP contribution is 2.27. The number of hydrogen-bond donors (Lipinski definition) is 1. The topological polar surface area (TPSA) is 98.9 Å². The maximum atomic E-state index is 12.8. The molecule has 10 heteroatoms. The highest BCUT2D eigenvalue weighted by molar-refractivity contribution is 8.00. The zero-order valence-corrected chi connectivity index (χ0v) is 20.0. The van der Waals surface area contributed by atoms with Crippen LogP contribution in [0.1, 0.15) is 26.6 Å². The molecule has 0 radical (unpaired) electrons. The van der Waals surface area contributed by atoms with Gasteiger partial charge in [-0.25, -0.2) is 14.8 Å². The Kier molecular flexibility index (Phi) is 6.61. The van der Waals surface area contributed by atoms with Gasteiger partial charge in [-0.15, -0.1) is 11.8 Å². The van der Waals surface area contributed by atoms with E-state index in [1.807, 2.05) is 51.3 Å². The van der Waals surface area contributed by atoms with Crippen LogP contribution in [0, 0.1) is 0 Å². The number of benzene rings is 1. The lowest BCUT2D eigenvalue weighted by atomic mass is 9.96. The molecule has 1 aromatic carbocycles. The first-order chi connectivity index (χ1) is 14.5. The van der Waals surface area contributed by atoms with E-state index in [1.165, 1.54) is 11.6 Å². The second-order valence-electron chi connectivity index (χ2n) is 8.08. The van der Waals surface area contributed by atoms with Crippen LogP contribution < -0.4 is 16.6 Å². The quantitative estimate of drug-likeness (QED) is 0.463. The Bertz CT molecular complexity index is 1270. The lowest BCUT2D eigenvalue weighted by Crippen LogP contribution is -2.38. The normalized spacial score (nSPS) is 11.7. The summed E-state index contributed by atoms with van der Waals surface area (Å²) in [5.41, 5.74) is -0.365. The van der Waals surface area contributed by atoms with Crippen molar-refractivity contribution in [3.63, 3.8) is 0 Å². The fourth-order valence-electron chi connectivity index (χ4n) is 2.90. The van der Waals surface area contributed by atoms with Crippen LogP contribution in [0.25, 0.3) is 11.0 Å². The summed E-state index contributed by atoms with van der Waals surface area (Å²) in [4.78, 5) is 47.9. The van der Waals surface area contributed by atoms with Crippen LogP contribution in [-0.2, 0) is 24.3 Å². The fraction of sp³-hybridized carbons (Fsp3) is 0.381. The van der Waals surface area contributed by atoms with Crippen molar-refractivity contribution in [2.24, 2.45) is 14.1 Å². The number of carbonyl (C=O) groups is 1. The van der Waals surface area contributed by atoms with Gasteiger partial charge in [0, 0.05) is 30.1 Å². The van der Waals surface area contributed by atoms with E-state index >= 15 is 0 Å². The number of hydrogen-bond acceptors (Lipinski definition) is 7. The van der Waals surface area contributed by atoms with Crippen molar-refractivity contribution in [2.45, 2.75) is 36.1 Å². The predicted octanol–water partition coefficient (Wildman–Crippen LogP) is 2.78. The Hall–Kier alpha value is -2.59. The molecule has 3 rings (SSSR count). The Labute approximate surface area is 188 Å². The van der Waals surface area contributed by atoms with E-state index < -0.39 is 16.7 Å². The largest absolute Gasteiger partial charge is 0.332 e. The molecule has 0 saturated carbocycles. The van der Waals surface area contributed by atoms with Gasteiger partial charge in [-0.05, 0) is 24.5 Å². The molecule has 0 aliphatic rings. The average Bonchev–Trinajstić information content (AvgIpc) is 2.73. The summed E-state index contributed by atoms with van der Waals surface area (Å²) in [6.45, 7) is 5.85. The summed E-state index contributed by atoms with van der Waals surface area (Å²) < 4.78 is 2.37. The lowest BCUT2D eigenvalue weighted by molar-refractivity contribution is -0.113. The summed E-state index contributed by atoms with van der Waals surface area (Å²) >= 11 is 2.75. The first-order valence-electron chi connectivity index (χ1n) is 9.58. The Balaban J connectivity index is 1.99. The smallest absolute Gasteiger partial charge is 0.325 e. The predicted molar refractivity (Wildman–Crippen MR) is 126 cm³/mol. The van der Waals surface area contributed by atoms with E-state index in [4.69, 9.17) is 0 Å². The third kappa shape index (κ3) is 4.85. The van der Waals surface area contributed by atoms with E-state index in [-0.39, 0.29) is 22.7 Å². The number of thioether (sulfide) groups is 2. The van der Waals surface area contributed by atoms with E-state index in [2.05, 4.69) is 15.3 Å². The molecule has 3 aromatic rings. The Morgan fingerprint density at radius 1 is 1.13 bits per heavy atom. The first kappa shape index (κ1) is 23.1. The molecule has 2 aromatic heterocycles. The summed E-state index contributed by atoms with van der Waals surface area (Å²) in [5, 5.41) is 3.50. The van der Waals surface area contributed by atoms with Crippen LogP contribution >= 0.6 is 23.5 Å². The molecule has 0 unspecified atom stereocenters. The van der Waals surface area contributed by atoms with Crippen LogP contribution in [0.5, 0.6) is 0 Å². The summed E-state index contributed by atoms with van der Waals surface area (Å²) in [6, 6.07) is 7.57. The highest BCUT2D eigenvalue weighted by atomic mass is 32.2. The monoisotopic (exact) mass is 459 g/mol. The minimum atomic E-state index is -0.478. The number of carbonyl (C=O) groups excluding carboxylic acids is 1. The molecule has 31 heavy (non-hydrogen) atoms. The molecular weight excluding hydrogens is 434 g/mol. The fourth-order valence-corrected chi connectivity index (χ4v) is 4.17. The molecule has 1 amide bonds. The van der Waals surface area contributed by atoms with Crippen molar-refractivity contribution >= 4 is 46.2 Å². The third-order valence-corrected chi connectivity index (χ3v) is 6.33. The third-order valence-electron chi connectivity index (χ3n) is 4.63. The Morgan fingerprint density at radius 2 is 1.84 bits per heavy atom. The molecule has 0 fully saturated rings. The van der Waals surface area contributed by atoms with Gasteiger partial charge in [-0.1, -0.05) is 38.6 Å². The number of amides is 1. The van der Waals surface area contributed by atoms with Gasteiger partial charge >= 0.3 is 5.69 Å². The molecule has 1 N–H and O–H groups in total. The van der Waals surface area contributed by atoms with Crippen molar-refractivity contribution in [2.75, 3.05) is 17.3 Å². The maximum Gasteiger partial charge on any atom is 0.332 e. The van der Waals surface area contributed by atoms with Gasteiger partial charge in [-0.2, -0.15) is 0 Å². The van der Waals surface area contributed by atoms with Crippen LogP contribution in [0.3, 0.4) is 0 Å². The average molecular weight is 460 g/mol. The van der Waals surface area contributed by atoms with Crippen molar-refractivity contribution in [1.82, 2.24) is 19.1 Å². The number of nitrogens with zero attached hydrogens (tertiary/aromatic N) is 4. The second-order valence-corrected chi connectivity index (χ2v) is 9.92. The molecule has 2 heterocycles. The van der Waals surface area contributed by atoms with E-state index in [0.29, 0.717) is 16.5 Å². The standard InChI is InChI=1S/C21H25N5O3S2/c1-21(2,3)19-23-16-15(18(28)26(5)20(29)25(16)4)17(24-19)31-11-14(27)22-12-8-7-9-13(10-12)30-6/h7-10H,11H2,1-6H3,(H,22,27). The number of aryl methyl sites for hydroxylation is 1. The summed E-state index contributed by atoms with van der Waals surface area (Å²) in [7, 11) is 2.99. The molecule has 0 spiro atoms. The molecular formula is C21H25N5O3S2. The highest BCUT2D eigenvalue weighted by Gasteiger charge is 2.24. The molecule has 0 atom stereocenters. The van der Waals surface area contributed by atoms with Gasteiger partial charge in [0.2, 0.25) is 5.91 Å². The van der Waals surface area contributed by atoms with Crippen molar-refractivity contribution in [3.8, 4) is 0 Å².